The van der Waals surface area contributed by atoms with E-state index >= 15 is 0 Å². The molecule has 0 spiro atoms. The van der Waals surface area contributed by atoms with Crippen molar-refractivity contribution in [1.29, 1.82) is 0 Å². The van der Waals surface area contributed by atoms with Crippen molar-refractivity contribution in [3.63, 3.8) is 0 Å². The van der Waals surface area contributed by atoms with Crippen LogP contribution in [0.2, 0.25) is 0 Å². The molecule has 1 aromatic carbocycles. The average molecular weight is 274 g/mol. The molecule has 1 aromatic rings. The van der Waals surface area contributed by atoms with Crippen molar-refractivity contribution in [3.8, 4) is 0 Å². The van der Waals surface area contributed by atoms with Crippen LogP contribution in [0.15, 0.2) is 18.2 Å². The third-order valence-electron chi connectivity index (χ3n) is 5.14. The summed E-state index contributed by atoms with van der Waals surface area (Å²) >= 11 is 0. The second-order valence-electron chi connectivity index (χ2n) is 6.50. The number of rotatable bonds is 4. The zero-order valence-corrected chi connectivity index (χ0v) is 12.9. The summed E-state index contributed by atoms with van der Waals surface area (Å²) in [5.74, 6) is -0.0255. The van der Waals surface area contributed by atoms with Gasteiger partial charge in [0.25, 0.3) is 0 Å². The zero-order chi connectivity index (χ0) is 14.8. The maximum Gasteiger partial charge on any atom is 0.309 e. The molecule has 2 rings (SSSR count). The van der Waals surface area contributed by atoms with E-state index in [4.69, 9.17) is 0 Å². The van der Waals surface area contributed by atoms with Gasteiger partial charge in [-0.1, -0.05) is 44.4 Å². The van der Waals surface area contributed by atoms with E-state index in [0.29, 0.717) is 12.3 Å². The molecule has 1 aliphatic carbocycles. The van der Waals surface area contributed by atoms with Crippen LogP contribution in [0.1, 0.15) is 55.7 Å². The Hall–Kier alpha value is -1.31. The molecule has 2 unspecified atom stereocenters. The van der Waals surface area contributed by atoms with Gasteiger partial charge >= 0.3 is 5.97 Å². The normalized spacial score (nSPS) is 26.4. The minimum absolute atomic E-state index is 0.546. The molecular weight excluding hydrogens is 248 g/mol. The second-order valence-corrected chi connectivity index (χ2v) is 6.50. The quantitative estimate of drug-likeness (QED) is 0.876. The Morgan fingerprint density at radius 2 is 2.00 bits per heavy atom. The van der Waals surface area contributed by atoms with Gasteiger partial charge in [-0.15, -0.1) is 0 Å². The molecule has 2 atom stereocenters. The lowest BCUT2D eigenvalue weighted by atomic mass is 9.65. The van der Waals surface area contributed by atoms with E-state index in [1.807, 2.05) is 0 Å². The molecule has 0 heterocycles. The molecule has 0 bridgehead atoms. The van der Waals surface area contributed by atoms with Crippen molar-refractivity contribution in [2.24, 2.45) is 11.3 Å². The van der Waals surface area contributed by atoms with Gasteiger partial charge in [0.15, 0.2) is 0 Å². The summed E-state index contributed by atoms with van der Waals surface area (Å²) in [6.07, 6.45) is 5.70. The van der Waals surface area contributed by atoms with Crippen LogP contribution in [-0.2, 0) is 11.2 Å². The van der Waals surface area contributed by atoms with Gasteiger partial charge in [-0.05, 0) is 55.7 Å². The highest BCUT2D eigenvalue weighted by Gasteiger charge is 2.42. The van der Waals surface area contributed by atoms with Crippen LogP contribution in [0.3, 0.4) is 0 Å². The highest BCUT2D eigenvalue weighted by Crippen LogP contribution is 2.44. The number of hydrogen-bond acceptors (Lipinski definition) is 1. The van der Waals surface area contributed by atoms with Gasteiger partial charge in [0.2, 0.25) is 0 Å². The average Bonchev–Trinajstić information content (AvgIpc) is 2.43. The van der Waals surface area contributed by atoms with Crippen LogP contribution in [-0.4, -0.2) is 11.1 Å². The van der Waals surface area contributed by atoms with Crippen LogP contribution in [0.25, 0.3) is 0 Å². The summed E-state index contributed by atoms with van der Waals surface area (Å²) < 4.78 is 0. The highest BCUT2D eigenvalue weighted by molar-refractivity contribution is 5.75. The molecule has 20 heavy (non-hydrogen) atoms. The smallest absolute Gasteiger partial charge is 0.309 e. The SMILES string of the molecule is CCC1CCCC(Cc2c(C)cccc2C)(C(=O)O)C1. The Morgan fingerprint density at radius 3 is 2.55 bits per heavy atom. The summed E-state index contributed by atoms with van der Waals surface area (Å²) in [7, 11) is 0. The first-order valence-corrected chi connectivity index (χ1v) is 7.77. The van der Waals surface area contributed by atoms with E-state index < -0.39 is 11.4 Å². The highest BCUT2D eigenvalue weighted by atomic mass is 16.4. The third kappa shape index (κ3) is 2.89. The summed E-state index contributed by atoms with van der Waals surface area (Å²) in [5.41, 5.74) is 3.15. The first-order valence-electron chi connectivity index (χ1n) is 7.77. The van der Waals surface area contributed by atoms with Crippen molar-refractivity contribution in [2.75, 3.05) is 0 Å². The Kier molecular flexibility index (Phi) is 4.52. The fourth-order valence-electron chi connectivity index (χ4n) is 3.73. The largest absolute Gasteiger partial charge is 0.481 e. The fraction of sp³-hybridized carbons (Fsp3) is 0.611. The Morgan fingerprint density at radius 1 is 1.35 bits per heavy atom. The van der Waals surface area contributed by atoms with Crippen LogP contribution < -0.4 is 0 Å². The van der Waals surface area contributed by atoms with Gasteiger partial charge in [-0.2, -0.15) is 0 Å². The molecule has 110 valence electrons. The van der Waals surface area contributed by atoms with Crippen molar-refractivity contribution < 1.29 is 9.90 Å². The summed E-state index contributed by atoms with van der Waals surface area (Å²) in [6, 6.07) is 6.24. The minimum Gasteiger partial charge on any atom is -0.481 e. The summed E-state index contributed by atoms with van der Waals surface area (Å²) in [5, 5.41) is 9.85. The number of hydrogen-bond donors (Lipinski definition) is 1. The molecule has 2 nitrogen and oxygen atoms in total. The van der Waals surface area contributed by atoms with Crippen molar-refractivity contribution in [2.45, 2.75) is 59.3 Å². The molecule has 1 N–H and O–H groups in total. The lowest BCUT2D eigenvalue weighted by molar-refractivity contribution is -0.152. The predicted octanol–water partition coefficient (Wildman–Crippen LogP) is 4.52. The van der Waals surface area contributed by atoms with Crippen LogP contribution >= 0.6 is 0 Å². The van der Waals surface area contributed by atoms with E-state index in [1.54, 1.807) is 0 Å². The second kappa shape index (κ2) is 5.99. The minimum atomic E-state index is -0.599. The van der Waals surface area contributed by atoms with Crippen molar-refractivity contribution >= 4 is 5.97 Å². The van der Waals surface area contributed by atoms with Gasteiger partial charge in [0, 0.05) is 0 Å². The van der Waals surface area contributed by atoms with Gasteiger partial charge in [0.1, 0.15) is 0 Å². The molecular formula is C18H26O2. The Balaban J connectivity index is 2.32. The van der Waals surface area contributed by atoms with Crippen LogP contribution in [0, 0.1) is 25.2 Å². The number of aryl methyl sites for hydroxylation is 2. The maximum atomic E-state index is 12.0. The van der Waals surface area contributed by atoms with Gasteiger partial charge in [0.05, 0.1) is 5.41 Å². The van der Waals surface area contributed by atoms with Crippen LogP contribution in [0.5, 0.6) is 0 Å². The first kappa shape index (κ1) is 15.1. The molecule has 0 aliphatic heterocycles. The maximum absolute atomic E-state index is 12.0. The lowest BCUT2D eigenvalue weighted by Gasteiger charge is -2.38. The Labute approximate surface area is 122 Å². The number of carboxylic acids is 1. The monoisotopic (exact) mass is 274 g/mol. The van der Waals surface area contributed by atoms with Gasteiger partial charge in [-0.3, -0.25) is 4.79 Å². The third-order valence-corrected chi connectivity index (χ3v) is 5.14. The topological polar surface area (TPSA) is 37.3 Å². The van der Waals surface area contributed by atoms with E-state index in [1.165, 1.54) is 23.1 Å². The van der Waals surface area contributed by atoms with Gasteiger partial charge < -0.3 is 5.11 Å². The van der Waals surface area contributed by atoms with E-state index in [2.05, 4.69) is 39.0 Å². The zero-order valence-electron chi connectivity index (χ0n) is 12.9. The molecule has 1 saturated carbocycles. The molecule has 0 amide bonds. The summed E-state index contributed by atoms with van der Waals surface area (Å²) in [4.78, 5) is 12.0. The number of benzene rings is 1. The number of aliphatic carboxylic acids is 1. The van der Waals surface area contributed by atoms with Crippen molar-refractivity contribution in [1.82, 2.24) is 0 Å². The number of carboxylic acid groups (broad SMARTS) is 1. The fourth-order valence-corrected chi connectivity index (χ4v) is 3.73. The molecule has 1 fully saturated rings. The van der Waals surface area contributed by atoms with E-state index in [0.717, 1.165) is 25.7 Å². The standard InChI is InChI=1S/C18H26O2/c1-4-15-9-6-10-18(11-15,17(19)20)12-16-13(2)7-5-8-14(16)3/h5,7-8,15H,4,6,9-12H2,1-3H3,(H,19,20). The molecule has 0 aromatic heterocycles. The Bertz CT molecular complexity index is 472. The molecule has 0 saturated heterocycles. The molecule has 0 radical (unpaired) electrons. The van der Waals surface area contributed by atoms with Crippen LogP contribution in [0.4, 0.5) is 0 Å². The summed E-state index contributed by atoms with van der Waals surface area (Å²) in [6.45, 7) is 6.37. The van der Waals surface area contributed by atoms with E-state index in [-0.39, 0.29) is 0 Å². The lowest BCUT2D eigenvalue weighted by Crippen LogP contribution is -2.38. The molecule has 2 heteroatoms. The molecule has 1 aliphatic rings. The predicted molar refractivity (Wildman–Crippen MR) is 81.9 cm³/mol. The first-order chi connectivity index (χ1) is 9.48. The van der Waals surface area contributed by atoms with Crippen molar-refractivity contribution in [3.05, 3.63) is 34.9 Å². The van der Waals surface area contributed by atoms with E-state index in [9.17, 15) is 9.90 Å². The van der Waals surface area contributed by atoms with Gasteiger partial charge in [-0.25, -0.2) is 0 Å². The number of carbonyl (C=O) groups is 1.